The molecule has 0 amide bonds. The third-order valence-electron chi connectivity index (χ3n) is 7.90. The van der Waals surface area contributed by atoms with Crippen molar-refractivity contribution in [2.24, 2.45) is 5.92 Å². The molecule has 0 fully saturated rings. The Kier molecular flexibility index (Phi) is 9.15. The van der Waals surface area contributed by atoms with Gasteiger partial charge in [-0.15, -0.1) is 0 Å². The summed E-state index contributed by atoms with van der Waals surface area (Å²) >= 11 is 12.3. The van der Waals surface area contributed by atoms with Crippen molar-refractivity contribution in [1.82, 2.24) is 9.80 Å². The predicted octanol–water partition coefficient (Wildman–Crippen LogP) is 7.56. The lowest BCUT2D eigenvalue weighted by molar-refractivity contribution is -0.144. The van der Waals surface area contributed by atoms with Crippen LogP contribution in [0.2, 0.25) is 10.0 Å². The highest BCUT2D eigenvalue weighted by molar-refractivity contribution is 6.42. The van der Waals surface area contributed by atoms with Gasteiger partial charge in [0.05, 0.1) is 10.0 Å². The first-order chi connectivity index (χ1) is 19.6. The van der Waals surface area contributed by atoms with Gasteiger partial charge in [0.25, 0.3) is 0 Å². The van der Waals surface area contributed by atoms with Crippen LogP contribution in [0.15, 0.2) is 54.6 Å². The maximum Gasteiger partial charge on any atom is 0.321 e. The standard InChI is InChI=1S/C33H38Cl2N2O4/c1-5-30(22-8-11-27(34)28(35)13-22)40-26-9-6-21(7-10-26)32-19-36(4)17-25-12-23-14-29(33(38)39)37(16-20(2)3)18-24(23)15-31(25)41-32/h6-13,15,20,29-30,32H,5,14,16-19H2,1-4H3,(H,38,39)/t29-,30+,32+/m0/s1. The Morgan fingerprint density at radius 1 is 1.02 bits per heavy atom. The highest BCUT2D eigenvalue weighted by Crippen LogP contribution is 2.37. The molecule has 0 aliphatic carbocycles. The monoisotopic (exact) mass is 596 g/mol. The Morgan fingerprint density at radius 3 is 2.44 bits per heavy atom. The molecule has 1 N–H and O–H groups in total. The average Bonchev–Trinajstić information content (AvgIpc) is 3.09. The molecule has 2 aliphatic heterocycles. The van der Waals surface area contributed by atoms with Crippen molar-refractivity contribution >= 4 is 29.2 Å². The minimum Gasteiger partial charge on any atom is -0.486 e. The van der Waals surface area contributed by atoms with E-state index in [1.807, 2.05) is 24.3 Å². The van der Waals surface area contributed by atoms with E-state index >= 15 is 0 Å². The smallest absolute Gasteiger partial charge is 0.321 e. The fraction of sp³-hybridized carbons (Fsp3) is 0.424. The number of rotatable bonds is 8. The Balaban J connectivity index is 1.35. The number of hydrogen-bond donors (Lipinski definition) is 1. The summed E-state index contributed by atoms with van der Waals surface area (Å²) in [6.45, 7) is 9.18. The van der Waals surface area contributed by atoms with E-state index in [1.165, 1.54) is 0 Å². The van der Waals surface area contributed by atoms with Crippen molar-refractivity contribution in [2.75, 3.05) is 20.1 Å². The maximum atomic E-state index is 12.1. The molecular formula is C33H38Cl2N2O4. The quantitative estimate of drug-likeness (QED) is 0.289. The van der Waals surface area contributed by atoms with Crippen LogP contribution in [-0.4, -0.2) is 47.1 Å². The summed E-state index contributed by atoms with van der Waals surface area (Å²) in [4.78, 5) is 16.4. The summed E-state index contributed by atoms with van der Waals surface area (Å²) in [5.74, 6) is 1.29. The van der Waals surface area contributed by atoms with Crippen LogP contribution in [0.4, 0.5) is 0 Å². The first kappa shape index (κ1) is 29.7. The molecule has 3 aromatic rings. The lowest BCUT2D eigenvalue weighted by atomic mass is 9.91. The molecule has 2 aliphatic rings. The second-order valence-electron chi connectivity index (χ2n) is 11.7. The molecule has 3 atom stereocenters. The topological polar surface area (TPSA) is 62.2 Å². The summed E-state index contributed by atoms with van der Waals surface area (Å²) in [7, 11) is 2.09. The van der Waals surface area contributed by atoms with Gasteiger partial charge in [-0.05, 0) is 78.4 Å². The molecule has 0 bridgehead atoms. The van der Waals surface area contributed by atoms with Crippen molar-refractivity contribution in [1.29, 1.82) is 0 Å². The molecule has 3 aromatic carbocycles. The molecule has 8 heteroatoms. The van der Waals surface area contributed by atoms with Gasteiger partial charge in [0.1, 0.15) is 29.7 Å². The fourth-order valence-electron chi connectivity index (χ4n) is 5.89. The Bertz CT molecular complexity index is 1390. The largest absolute Gasteiger partial charge is 0.486 e. The first-order valence-corrected chi connectivity index (χ1v) is 15.0. The van der Waals surface area contributed by atoms with Gasteiger partial charge in [-0.25, -0.2) is 0 Å². The number of aliphatic carboxylic acids is 1. The van der Waals surface area contributed by atoms with E-state index < -0.39 is 12.0 Å². The van der Waals surface area contributed by atoms with Gasteiger partial charge in [-0.1, -0.05) is 68.2 Å². The highest BCUT2D eigenvalue weighted by atomic mass is 35.5. The molecule has 218 valence electrons. The summed E-state index contributed by atoms with van der Waals surface area (Å²) in [5.41, 5.74) is 5.43. The zero-order chi connectivity index (χ0) is 29.3. The average molecular weight is 598 g/mol. The second-order valence-corrected chi connectivity index (χ2v) is 12.5. The zero-order valence-electron chi connectivity index (χ0n) is 24.1. The van der Waals surface area contributed by atoms with E-state index in [0.717, 1.165) is 65.4 Å². The van der Waals surface area contributed by atoms with Crippen molar-refractivity contribution in [3.05, 3.63) is 92.5 Å². The van der Waals surface area contributed by atoms with E-state index in [0.29, 0.717) is 28.9 Å². The molecule has 41 heavy (non-hydrogen) atoms. The molecule has 0 aromatic heterocycles. The van der Waals surface area contributed by atoms with Crippen LogP contribution in [0.1, 0.15) is 67.2 Å². The Labute approximate surface area is 252 Å². The number of carboxylic acid groups (broad SMARTS) is 1. The van der Waals surface area contributed by atoms with Crippen LogP contribution in [0, 0.1) is 5.92 Å². The van der Waals surface area contributed by atoms with Crippen molar-refractivity contribution < 1.29 is 19.4 Å². The number of nitrogens with zero attached hydrogens (tertiary/aromatic N) is 2. The summed E-state index contributed by atoms with van der Waals surface area (Å²) in [6.07, 6.45) is 1.02. The highest BCUT2D eigenvalue weighted by Gasteiger charge is 2.33. The van der Waals surface area contributed by atoms with Gasteiger partial charge in [0, 0.05) is 31.7 Å². The molecule has 0 saturated carbocycles. The molecule has 0 spiro atoms. The van der Waals surface area contributed by atoms with Crippen LogP contribution >= 0.6 is 23.2 Å². The number of benzene rings is 3. The lowest BCUT2D eigenvalue weighted by Crippen LogP contribution is -2.47. The van der Waals surface area contributed by atoms with E-state index in [4.69, 9.17) is 32.7 Å². The Morgan fingerprint density at radius 2 is 1.78 bits per heavy atom. The summed E-state index contributed by atoms with van der Waals surface area (Å²) in [5, 5.41) is 11.0. The number of likely N-dealkylation sites (N-methyl/N-ethyl adjacent to an activating group) is 1. The van der Waals surface area contributed by atoms with E-state index in [1.54, 1.807) is 6.07 Å². The van der Waals surface area contributed by atoms with Crippen molar-refractivity contribution in [2.45, 2.75) is 65.0 Å². The summed E-state index contributed by atoms with van der Waals surface area (Å²) in [6, 6.07) is 17.6. The minimum absolute atomic E-state index is 0.134. The van der Waals surface area contributed by atoms with Crippen LogP contribution in [0.5, 0.6) is 11.5 Å². The van der Waals surface area contributed by atoms with Gasteiger partial charge in [0.15, 0.2) is 0 Å². The number of carbonyl (C=O) groups is 1. The maximum absolute atomic E-state index is 12.1. The van der Waals surface area contributed by atoms with Crippen LogP contribution in [0.25, 0.3) is 0 Å². The molecular weight excluding hydrogens is 559 g/mol. The van der Waals surface area contributed by atoms with Crippen molar-refractivity contribution in [3.63, 3.8) is 0 Å². The number of halogens is 2. The molecule has 0 unspecified atom stereocenters. The SMILES string of the molecule is CC[C@@H](Oc1ccc([C@H]2CN(C)Cc3cc4c(cc3O2)CN(CC(C)C)[C@H](C(=O)O)C4)cc1)c1ccc(Cl)c(Cl)c1. The summed E-state index contributed by atoms with van der Waals surface area (Å²) < 4.78 is 13.0. The normalized spacial score (nSPS) is 20.1. The van der Waals surface area contributed by atoms with E-state index in [2.05, 4.69) is 61.9 Å². The van der Waals surface area contributed by atoms with Gasteiger partial charge >= 0.3 is 5.97 Å². The number of hydrogen-bond acceptors (Lipinski definition) is 5. The van der Waals surface area contributed by atoms with Gasteiger partial charge in [-0.3, -0.25) is 14.6 Å². The molecule has 2 heterocycles. The fourth-order valence-corrected chi connectivity index (χ4v) is 6.19. The third-order valence-corrected chi connectivity index (χ3v) is 8.64. The Hall–Kier alpha value is -2.77. The van der Waals surface area contributed by atoms with Gasteiger partial charge in [-0.2, -0.15) is 0 Å². The van der Waals surface area contributed by atoms with E-state index in [9.17, 15) is 9.90 Å². The van der Waals surface area contributed by atoms with Crippen LogP contribution in [0.3, 0.4) is 0 Å². The number of ether oxygens (including phenoxy) is 2. The number of carboxylic acids is 1. The molecule has 5 rings (SSSR count). The minimum atomic E-state index is -0.755. The first-order valence-electron chi connectivity index (χ1n) is 14.3. The van der Waals surface area contributed by atoms with Crippen LogP contribution < -0.4 is 9.47 Å². The molecule has 0 radical (unpaired) electrons. The van der Waals surface area contributed by atoms with Gasteiger partial charge in [0.2, 0.25) is 0 Å². The second kappa shape index (κ2) is 12.6. The zero-order valence-corrected chi connectivity index (χ0v) is 25.6. The van der Waals surface area contributed by atoms with E-state index in [-0.39, 0.29) is 12.2 Å². The van der Waals surface area contributed by atoms with Crippen molar-refractivity contribution in [3.8, 4) is 11.5 Å². The van der Waals surface area contributed by atoms with Crippen LogP contribution in [-0.2, 0) is 24.3 Å². The molecule has 6 nitrogen and oxygen atoms in total. The van der Waals surface area contributed by atoms with Gasteiger partial charge < -0.3 is 14.6 Å². The predicted molar refractivity (Wildman–Crippen MR) is 163 cm³/mol. The third kappa shape index (κ3) is 6.83. The molecule has 0 saturated heterocycles. The lowest BCUT2D eigenvalue weighted by Gasteiger charge is -2.36. The number of fused-ring (bicyclic) bond motifs is 2.